The molecule has 2 heterocycles. The highest BCUT2D eigenvalue weighted by Gasteiger charge is 2.24. The predicted molar refractivity (Wildman–Crippen MR) is 129 cm³/mol. The van der Waals surface area contributed by atoms with Crippen LogP contribution in [0, 0.1) is 5.92 Å². The number of rotatable bonds is 3. The molecule has 0 bridgehead atoms. The van der Waals surface area contributed by atoms with Crippen LogP contribution in [-0.4, -0.2) is 52.7 Å². The Morgan fingerprint density at radius 1 is 1.29 bits per heavy atom. The first-order chi connectivity index (χ1) is 14.8. The molecule has 3 N–H and O–H groups in total. The van der Waals surface area contributed by atoms with Gasteiger partial charge in [-0.2, -0.15) is 0 Å². The highest BCUT2D eigenvalue weighted by molar-refractivity contribution is 5.81. The van der Waals surface area contributed by atoms with E-state index in [1.165, 1.54) is 10.9 Å². The molecule has 0 saturated carbocycles. The Labute approximate surface area is 186 Å². The van der Waals surface area contributed by atoms with E-state index < -0.39 is 5.60 Å². The smallest absolute Gasteiger partial charge is 0.220 e. The minimum absolute atomic E-state index is 0.125. The topological polar surface area (TPSA) is 68.4 Å². The zero-order valence-corrected chi connectivity index (χ0v) is 19.4. The number of aliphatic hydroxyl groups is 1. The normalized spacial score (nSPS) is 27.9. The molecular formula is C26H39N3O2. The summed E-state index contributed by atoms with van der Waals surface area (Å²) in [6.45, 7) is 6.05. The van der Waals surface area contributed by atoms with Gasteiger partial charge in [-0.25, -0.2) is 0 Å². The van der Waals surface area contributed by atoms with Gasteiger partial charge in [0.05, 0.1) is 5.60 Å². The molecule has 1 saturated heterocycles. The number of aromatic nitrogens is 1. The number of amides is 1. The maximum absolute atomic E-state index is 12.5. The maximum atomic E-state index is 12.5. The molecule has 1 aromatic carbocycles. The summed E-state index contributed by atoms with van der Waals surface area (Å²) in [5.41, 5.74) is 1.68. The fourth-order valence-electron chi connectivity index (χ4n) is 4.80. The van der Waals surface area contributed by atoms with Crippen LogP contribution in [-0.2, 0) is 4.79 Å². The van der Waals surface area contributed by atoms with Crippen LogP contribution in [0.2, 0.25) is 0 Å². The average Bonchev–Trinajstić information content (AvgIpc) is 3.16. The standard InChI is InChI=1S/C26H39N3O2/c1-20-18-26(2,31)14-5-4-9-25(30)28-23(13-16-29(3)19-20)8-6-7-21-10-11-24-22(17-21)12-15-27-24/h6-7,10-12,15,17,20,23,27,31H,4-5,8-9,13-14,16,18-19H2,1-3H3,(H,28,30)/b7-6+/t20-,23?,26+/m1/s1. The van der Waals surface area contributed by atoms with Crippen LogP contribution in [0.4, 0.5) is 0 Å². The summed E-state index contributed by atoms with van der Waals surface area (Å²) >= 11 is 0. The number of H-pyrrole nitrogens is 1. The van der Waals surface area contributed by atoms with E-state index in [1.54, 1.807) is 0 Å². The first-order valence-corrected chi connectivity index (χ1v) is 11.7. The highest BCUT2D eigenvalue weighted by Crippen LogP contribution is 2.24. The molecule has 0 aliphatic carbocycles. The number of carbonyl (C=O) groups excluding carboxylic acids is 1. The van der Waals surface area contributed by atoms with Crippen LogP contribution < -0.4 is 5.32 Å². The molecule has 170 valence electrons. The molecule has 3 rings (SSSR count). The molecule has 0 spiro atoms. The molecule has 31 heavy (non-hydrogen) atoms. The van der Waals surface area contributed by atoms with Crippen molar-refractivity contribution < 1.29 is 9.90 Å². The van der Waals surface area contributed by atoms with E-state index in [-0.39, 0.29) is 11.9 Å². The van der Waals surface area contributed by atoms with Crippen molar-refractivity contribution in [1.29, 1.82) is 0 Å². The first-order valence-electron chi connectivity index (χ1n) is 11.7. The minimum atomic E-state index is -0.641. The summed E-state index contributed by atoms with van der Waals surface area (Å²) in [6, 6.07) is 8.62. The van der Waals surface area contributed by atoms with Gasteiger partial charge in [-0.05, 0) is 87.7 Å². The molecule has 2 aromatic rings. The van der Waals surface area contributed by atoms with E-state index in [2.05, 4.69) is 65.6 Å². The second-order valence-corrected chi connectivity index (χ2v) is 9.79. The van der Waals surface area contributed by atoms with Gasteiger partial charge in [0.25, 0.3) is 0 Å². The Morgan fingerprint density at radius 2 is 2.13 bits per heavy atom. The molecule has 1 fully saturated rings. The summed E-state index contributed by atoms with van der Waals surface area (Å²) in [5, 5.41) is 15.1. The minimum Gasteiger partial charge on any atom is -0.390 e. The number of aromatic amines is 1. The van der Waals surface area contributed by atoms with Crippen LogP contribution in [0.15, 0.2) is 36.5 Å². The van der Waals surface area contributed by atoms with E-state index in [4.69, 9.17) is 0 Å². The van der Waals surface area contributed by atoms with Crippen molar-refractivity contribution in [2.75, 3.05) is 20.1 Å². The number of fused-ring (bicyclic) bond motifs is 1. The first kappa shape index (κ1) is 23.6. The van der Waals surface area contributed by atoms with Gasteiger partial charge in [-0.1, -0.05) is 31.6 Å². The Balaban J connectivity index is 1.60. The Hall–Kier alpha value is -2.11. The van der Waals surface area contributed by atoms with Crippen LogP contribution in [0.25, 0.3) is 17.0 Å². The van der Waals surface area contributed by atoms with Crippen LogP contribution in [0.3, 0.4) is 0 Å². The zero-order chi connectivity index (χ0) is 22.3. The van der Waals surface area contributed by atoms with E-state index in [9.17, 15) is 9.90 Å². The molecule has 1 unspecified atom stereocenters. The van der Waals surface area contributed by atoms with Crippen LogP contribution >= 0.6 is 0 Å². The van der Waals surface area contributed by atoms with Gasteiger partial charge < -0.3 is 20.3 Å². The summed E-state index contributed by atoms with van der Waals surface area (Å²) in [4.78, 5) is 18.0. The van der Waals surface area contributed by atoms with E-state index in [1.807, 2.05) is 13.1 Å². The van der Waals surface area contributed by atoms with Crippen molar-refractivity contribution in [2.45, 2.75) is 70.4 Å². The Kier molecular flexibility index (Phi) is 8.33. The second kappa shape index (κ2) is 11.0. The number of hydrogen-bond donors (Lipinski definition) is 3. The molecule has 1 amide bonds. The lowest BCUT2D eigenvalue weighted by Gasteiger charge is -2.30. The molecule has 0 radical (unpaired) electrons. The molecule has 1 aliphatic rings. The summed E-state index contributed by atoms with van der Waals surface area (Å²) < 4.78 is 0. The van der Waals surface area contributed by atoms with Gasteiger partial charge in [-0.3, -0.25) is 4.79 Å². The average molecular weight is 426 g/mol. The lowest BCUT2D eigenvalue weighted by molar-refractivity contribution is -0.122. The Morgan fingerprint density at radius 3 is 2.97 bits per heavy atom. The number of hydrogen-bond acceptors (Lipinski definition) is 3. The van der Waals surface area contributed by atoms with Gasteiger partial charge in [0.1, 0.15) is 0 Å². The van der Waals surface area contributed by atoms with Gasteiger partial charge in [0, 0.05) is 30.7 Å². The van der Waals surface area contributed by atoms with Crippen molar-refractivity contribution in [3.63, 3.8) is 0 Å². The van der Waals surface area contributed by atoms with Gasteiger partial charge in [0.15, 0.2) is 0 Å². The molecular weight excluding hydrogens is 386 g/mol. The summed E-state index contributed by atoms with van der Waals surface area (Å²) in [7, 11) is 2.14. The number of nitrogens with zero attached hydrogens (tertiary/aromatic N) is 1. The third-order valence-electron chi connectivity index (χ3n) is 6.31. The summed E-state index contributed by atoms with van der Waals surface area (Å²) in [6.07, 6.45) is 11.9. The molecule has 5 nitrogen and oxygen atoms in total. The van der Waals surface area contributed by atoms with Crippen molar-refractivity contribution >= 4 is 22.9 Å². The maximum Gasteiger partial charge on any atom is 0.220 e. The molecule has 1 aromatic heterocycles. The number of carbonyl (C=O) groups is 1. The van der Waals surface area contributed by atoms with Gasteiger partial charge in [-0.15, -0.1) is 0 Å². The summed E-state index contributed by atoms with van der Waals surface area (Å²) in [5.74, 6) is 0.569. The van der Waals surface area contributed by atoms with E-state index >= 15 is 0 Å². The fraction of sp³-hybridized carbons (Fsp3) is 0.577. The SMILES string of the molecule is C[C@H]1CN(C)CCC(C/C=C/c2ccc3[nH]ccc3c2)NC(=O)CCCC[C@](C)(O)C1. The number of benzene rings is 1. The lowest BCUT2D eigenvalue weighted by atomic mass is 9.88. The third-order valence-corrected chi connectivity index (χ3v) is 6.31. The van der Waals surface area contributed by atoms with E-state index in [0.717, 1.165) is 57.1 Å². The highest BCUT2D eigenvalue weighted by atomic mass is 16.3. The zero-order valence-electron chi connectivity index (χ0n) is 19.4. The third kappa shape index (κ3) is 7.82. The quantitative estimate of drug-likeness (QED) is 0.666. The second-order valence-electron chi connectivity index (χ2n) is 9.79. The van der Waals surface area contributed by atoms with Crippen LogP contribution in [0.1, 0.15) is 64.4 Å². The molecule has 3 atom stereocenters. The number of nitrogens with one attached hydrogen (secondary N) is 2. The largest absolute Gasteiger partial charge is 0.390 e. The van der Waals surface area contributed by atoms with Crippen molar-refractivity contribution in [3.05, 3.63) is 42.1 Å². The monoisotopic (exact) mass is 425 g/mol. The van der Waals surface area contributed by atoms with E-state index in [0.29, 0.717) is 12.3 Å². The molecule has 5 heteroatoms. The van der Waals surface area contributed by atoms with Gasteiger partial charge >= 0.3 is 0 Å². The predicted octanol–water partition coefficient (Wildman–Crippen LogP) is 4.73. The van der Waals surface area contributed by atoms with Crippen molar-refractivity contribution in [2.24, 2.45) is 5.92 Å². The van der Waals surface area contributed by atoms with Crippen LogP contribution in [0.5, 0.6) is 0 Å². The Bertz CT molecular complexity index is 870. The van der Waals surface area contributed by atoms with Crippen molar-refractivity contribution in [3.8, 4) is 0 Å². The van der Waals surface area contributed by atoms with Crippen molar-refractivity contribution in [1.82, 2.24) is 15.2 Å². The lowest BCUT2D eigenvalue weighted by Crippen LogP contribution is -2.39. The van der Waals surface area contributed by atoms with Gasteiger partial charge in [0.2, 0.25) is 5.91 Å². The fourth-order valence-corrected chi connectivity index (χ4v) is 4.80. The molecule has 1 aliphatic heterocycles.